The highest BCUT2D eigenvalue weighted by atomic mass is 16.2. The van der Waals surface area contributed by atoms with Gasteiger partial charge >= 0.3 is 0 Å². The van der Waals surface area contributed by atoms with E-state index < -0.39 is 34.7 Å². The molecule has 6 rings (SSSR count). The van der Waals surface area contributed by atoms with Crippen LogP contribution >= 0.6 is 0 Å². The number of rotatable bonds is 25. The summed E-state index contributed by atoms with van der Waals surface area (Å²) >= 11 is 0. The van der Waals surface area contributed by atoms with Gasteiger partial charge in [-0.1, -0.05) is 134 Å². The molecule has 4 aromatic carbocycles. The Hall–Kier alpha value is -6.74. The van der Waals surface area contributed by atoms with Crippen LogP contribution in [-0.2, 0) is 41.6 Å². The van der Waals surface area contributed by atoms with Gasteiger partial charge in [-0.05, 0) is 103 Å². The van der Waals surface area contributed by atoms with Gasteiger partial charge in [0.25, 0.3) is 5.91 Å². The van der Waals surface area contributed by atoms with Crippen molar-refractivity contribution < 1.29 is 38.4 Å². The van der Waals surface area contributed by atoms with E-state index in [-0.39, 0.29) is 91.5 Å². The van der Waals surface area contributed by atoms with Gasteiger partial charge in [-0.25, -0.2) is 0 Å². The standard InChI is InChI=1S/C64H87N7O8/c1-10-43(2)59(76)67-58(64(7,8)9)62(79)71-34-18-24-52(71)41-68(35-31-45-19-13-11-14-20-45)56(74)30-29-54(72)49-27-25-48-38-50(28-26-47(48)37-49)60(77)66-40-57(75)69(36-32-46-21-15-12-16-22-46)42-51-23-17-33-70(51)61(78)53(63(4,5)6)39-55(73)44(3)65/h11-16,19-22,25-28,37-38,43-44,51-53,58H,10,17-18,23-24,29-36,39-42,65H2,1-9H3,(H,66,77)(H,67,76)/t43-,44+,51+,52+,53-,58-/m1/s1. The van der Waals surface area contributed by atoms with Crippen molar-refractivity contribution in [2.24, 2.45) is 28.4 Å². The zero-order chi connectivity index (χ0) is 57.6. The summed E-state index contributed by atoms with van der Waals surface area (Å²) in [6, 6.07) is 28.2. The number of carbonyl (C=O) groups excluding carboxylic acids is 8. The second-order valence-electron chi connectivity index (χ2n) is 24.2. The number of fused-ring (bicyclic) bond motifs is 1. The van der Waals surface area contributed by atoms with Gasteiger partial charge in [-0.2, -0.15) is 0 Å². The summed E-state index contributed by atoms with van der Waals surface area (Å²) in [7, 11) is 0. The lowest BCUT2D eigenvalue weighted by atomic mass is 9.76. The molecule has 2 heterocycles. The molecule has 15 nitrogen and oxygen atoms in total. The number of Topliss-reactive ketones (excluding diaryl/α,β-unsaturated/α-hetero) is 2. The van der Waals surface area contributed by atoms with E-state index in [0.717, 1.165) is 29.4 Å². The average molecular weight is 1080 g/mol. The van der Waals surface area contributed by atoms with Crippen LogP contribution in [0.1, 0.15) is 146 Å². The molecule has 426 valence electrons. The lowest BCUT2D eigenvalue weighted by molar-refractivity contribution is -0.144. The molecule has 0 spiro atoms. The Labute approximate surface area is 468 Å². The minimum Gasteiger partial charge on any atom is -0.344 e. The van der Waals surface area contributed by atoms with Crippen LogP contribution in [0.4, 0.5) is 0 Å². The molecule has 2 aliphatic rings. The number of hydrogen-bond donors (Lipinski definition) is 3. The van der Waals surface area contributed by atoms with E-state index >= 15 is 0 Å². The van der Waals surface area contributed by atoms with Gasteiger partial charge < -0.3 is 36.0 Å². The molecule has 2 aliphatic heterocycles. The highest BCUT2D eigenvalue weighted by Gasteiger charge is 2.42. The molecular formula is C64H87N7O8. The van der Waals surface area contributed by atoms with Gasteiger partial charge in [-0.15, -0.1) is 0 Å². The first-order chi connectivity index (χ1) is 37.4. The van der Waals surface area contributed by atoms with Crippen molar-refractivity contribution in [3.63, 3.8) is 0 Å². The number of nitrogens with zero attached hydrogens (tertiary/aromatic N) is 4. The zero-order valence-electron chi connectivity index (χ0n) is 48.4. The Balaban J connectivity index is 1.09. The molecule has 0 bridgehead atoms. The Kier molecular flexibility index (Phi) is 21.7. The first-order valence-corrected chi connectivity index (χ1v) is 28.6. The predicted molar refractivity (Wildman–Crippen MR) is 310 cm³/mol. The number of ketones is 2. The Bertz CT molecular complexity index is 2770. The fourth-order valence-corrected chi connectivity index (χ4v) is 10.7. The van der Waals surface area contributed by atoms with E-state index in [2.05, 4.69) is 10.6 Å². The maximum atomic E-state index is 14.3. The first kappa shape index (κ1) is 61.5. The summed E-state index contributed by atoms with van der Waals surface area (Å²) in [6.07, 6.45) is 4.81. The topological polar surface area (TPSA) is 200 Å². The third-order valence-corrected chi connectivity index (χ3v) is 16.0. The SMILES string of the molecule is CC[C@@H](C)C(=O)N[C@H](C(=O)N1CCC[C@H]1CN(CCc1ccccc1)C(=O)CCC(=O)c1ccc2cc(C(=O)NCC(=O)N(CCc3ccccc3)C[C@@H]3CCCN3C(=O)[C@@H](CC(=O)[C@H](C)N)C(C)(C)C)ccc2c1)C(C)(C)C. The molecule has 0 aromatic heterocycles. The minimum atomic E-state index is -0.727. The van der Waals surface area contributed by atoms with Crippen LogP contribution in [0.25, 0.3) is 10.8 Å². The molecule has 15 heteroatoms. The number of nitrogens with one attached hydrogen (secondary N) is 2. The number of amides is 6. The molecule has 79 heavy (non-hydrogen) atoms. The fraction of sp³-hybridized carbons (Fsp3) is 0.531. The summed E-state index contributed by atoms with van der Waals surface area (Å²) in [5, 5.41) is 7.31. The van der Waals surface area contributed by atoms with E-state index in [0.29, 0.717) is 81.3 Å². The molecule has 0 aliphatic carbocycles. The third kappa shape index (κ3) is 17.1. The van der Waals surface area contributed by atoms with Crippen molar-refractivity contribution in [1.82, 2.24) is 30.2 Å². The van der Waals surface area contributed by atoms with Crippen molar-refractivity contribution in [3.05, 3.63) is 119 Å². The molecule has 6 amide bonds. The molecule has 4 N–H and O–H groups in total. The van der Waals surface area contributed by atoms with Crippen LogP contribution < -0.4 is 16.4 Å². The molecule has 0 radical (unpaired) electrons. The van der Waals surface area contributed by atoms with Crippen molar-refractivity contribution in [1.29, 1.82) is 0 Å². The van der Waals surface area contributed by atoms with Crippen molar-refractivity contribution in [2.45, 2.75) is 151 Å². The highest BCUT2D eigenvalue weighted by Crippen LogP contribution is 2.34. The first-order valence-electron chi connectivity index (χ1n) is 28.6. The van der Waals surface area contributed by atoms with Crippen molar-refractivity contribution in [3.8, 4) is 0 Å². The number of benzene rings is 4. The lowest BCUT2D eigenvalue weighted by Crippen LogP contribution is -2.57. The van der Waals surface area contributed by atoms with Crippen LogP contribution in [0.3, 0.4) is 0 Å². The third-order valence-electron chi connectivity index (χ3n) is 16.0. The van der Waals surface area contributed by atoms with Gasteiger partial charge in [0.1, 0.15) is 11.8 Å². The minimum absolute atomic E-state index is 0.0189. The van der Waals surface area contributed by atoms with Gasteiger partial charge in [-0.3, -0.25) is 38.4 Å². The van der Waals surface area contributed by atoms with Crippen LogP contribution in [0.5, 0.6) is 0 Å². The fourth-order valence-electron chi connectivity index (χ4n) is 10.7. The second kappa shape index (κ2) is 27.9. The predicted octanol–water partition coefficient (Wildman–Crippen LogP) is 8.20. The molecular weight excluding hydrogens is 995 g/mol. The van der Waals surface area contributed by atoms with Gasteiger partial charge in [0.05, 0.1) is 12.6 Å². The zero-order valence-corrected chi connectivity index (χ0v) is 48.4. The van der Waals surface area contributed by atoms with E-state index in [1.807, 2.05) is 126 Å². The van der Waals surface area contributed by atoms with Crippen LogP contribution in [-0.4, -0.2) is 137 Å². The van der Waals surface area contributed by atoms with Crippen molar-refractivity contribution in [2.75, 3.05) is 45.8 Å². The van der Waals surface area contributed by atoms with Crippen LogP contribution in [0.15, 0.2) is 97.1 Å². The van der Waals surface area contributed by atoms with Gasteiger partial charge in [0.15, 0.2) is 5.78 Å². The maximum absolute atomic E-state index is 14.3. The quantitative estimate of drug-likeness (QED) is 0.0548. The molecule has 2 saturated heterocycles. The Morgan fingerprint density at radius 1 is 0.646 bits per heavy atom. The van der Waals surface area contributed by atoms with Gasteiger partial charge in [0.2, 0.25) is 29.5 Å². The second-order valence-corrected chi connectivity index (χ2v) is 24.2. The lowest BCUT2D eigenvalue weighted by Gasteiger charge is -2.37. The van der Waals surface area contributed by atoms with Crippen LogP contribution in [0.2, 0.25) is 0 Å². The normalized spacial score (nSPS) is 17.1. The number of carbonyl (C=O) groups is 8. The summed E-state index contributed by atoms with van der Waals surface area (Å²) in [5.41, 5.74) is 7.79. The van der Waals surface area contributed by atoms with E-state index in [1.54, 1.807) is 53.1 Å². The number of nitrogens with two attached hydrogens (primary N) is 1. The Morgan fingerprint density at radius 2 is 1.15 bits per heavy atom. The molecule has 2 fully saturated rings. The molecule has 0 unspecified atom stereocenters. The smallest absolute Gasteiger partial charge is 0.251 e. The maximum Gasteiger partial charge on any atom is 0.251 e. The van der Waals surface area contributed by atoms with Gasteiger partial charge in [0, 0.05) is 93.6 Å². The number of hydrogen-bond acceptors (Lipinski definition) is 9. The summed E-state index contributed by atoms with van der Waals surface area (Å²) in [4.78, 5) is 117. The molecule has 4 aromatic rings. The van der Waals surface area contributed by atoms with E-state index in [4.69, 9.17) is 5.73 Å². The highest BCUT2D eigenvalue weighted by molar-refractivity contribution is 6.04. The van der Waals surface area contributed by atoms with E-state index in [9.17, 15) is 38.4 Å². The summed E-state index contributed by atoms with van der Waals surface area (Å²) < 4.78 is 0. The largest absolute Gasteiger partial charge is 0.344 e. The average Bonchev–Trinajstić information content (AvgIpc) is 4.12. The van der Waals surface area contributed by atoms with Crippen molar-refractivity contribution >= 4 is 57.8 Å². The number of likely N-dealkylation sites (tertiary alicyclic amines) is 2. The van der Waals surface area contributed by atoms with Crippen LogP contribution in [0, 0.1) is 22.7 Å². The summed E-state index contributed by atoms with van der Waals surface area (Å²) in [5.74, 6) is -2.47. The monoisotopic (exact) mass is 1080 g/mol. The Morgan fingerprint density at radius 3 is 1.66 bits per heavy atom. The summed E-state index contributed by atoms with van der Waals surface area (Å²) in [6.45, 7) is 19.3. The van der Waals surface area contributed by atoms with E-state index in [1.165, 1.54) is 0 Å². The molecule has 0 saturated carbocycles. The molecule has 6 atom stereocenters.